The van der Waals surface area contributed by atoms with Crippen LogP contribution in [0.4, 0.5) is 11.4 Å². The number of aromatic nitrogens is 1. The lowest BCUT2D eigenvalue weighted by molar-refractivity contribution is -0.116. The number of nitrogens with one attached hydrogen (secondary N) is 1. The van der Waals surface area contributed by atoms with Crippen LogP contribution >= 0.6 is 23.6 Å². The average Bonchev–Trinajstić information content (AvgIpc) is 3.28. The molecule has 152 valence electrons. The second-order valence-corrected chi connectivity index (χ2v) is 8.28. The Labute approximate surface area is 182 Å². The largest absolute Gasteiger partial charge is 0.497 e. The minimum Gasteiger partial charge on any atom is -0.497 e. The number of carbonyl (C=O) groups excluding carboxylic acids is 1. The summed E-state index contributed by atoms with van der Waals surface area (Å²) < 4.78 is 7.20. The SMILES string of the molecule is COc1ccc(NC(=O)CCn2c(O)c(/C=C3\C=Nc4ccccc43)sc2=S)cc1. The quantitative estimate of drug-likeness (QED) is 0.515. The molecule has 30 heavy (non-hydrogen) atoms. The van der Waals surface area contributed by atoms with Crippen molar-refractivity contribution in [3.8, 4) is 11.6 Å². The van der Waals surface area contributed by atoms with E-state index in [1.807, 2.05) is 30.3 Å². The second kappa shape index (κ2) is 8.64. The number of methoxy groups -OCH3 is 1. The summed E-state index contributed by atoms with van der Waals surface area (Å²) in [6.07, 6.45) is 3.84. The molecule has 0 radical (unpaired) electrons. The third-order valence-corrected chi connectivity index (χ3v) is 6.06. The molecular weight excluding hydrogens is 418 g/mol. The highest BCUT2D eigenvalue weighted by Crippen LogP contribution is 2.35. The molecule has 0 aliphatic carbocycles. The van der Waals surface area contributed by atoms with Gasteiger partial charge in [-0.05, 0) is 48.6 Å². The monoisotopic (exact) mass is 437 g/mol. The zero-order chi connectivity index (χ0) is 21.1. The molecule has 0 unspecified atom stereocenters. The minimum absolute atomic E-state index is 0.0625. The number of ether oxygens (including phenoxy) is 1. The maximum atomic E-state index is 12.3. The van der Waals surface area contributed by atoms with E-state index in [0.717, 1.165) is 22.6 Å². The number of aromatic hydroxyl groups is 1. The fraction of sp³-hybridized carbons (Fsp3) is 0.136. The van der Waals surface area contributed by atoms with E-state index < -0.39 is 0 Å². The summed E-state index contributed by atoms with van der Waals surface area (Å²) in [5.41, 5.74) is 3.52. The molecule has 4 rings (SSSR count). The number of hydrogen-bond donors (Lipinski definition) is 2. The summed E-state index contributed by atoms with van der Waals surface area (Å²) in [4.78, 5) is 17.3. The number of fused-ring (bicyclic) bond motifs is 1. The molecule has 0 saturated heterocycles. The van der Waals surface area contributed by atoms with Gasteiger partial charge in [-0.2, -0.15) is 0 Å². The van der Waals surface area contributed by atoms with Crippen molar-refractivity contribution in [2.24, 2.45) is 4.99 Å². The number of allylic oxidation sites excluding steroid dienone is 1. The van der Waals surface area contributed by atoms with Crippen molar-refractivity contribution < 1.29 is 14.6 Å². The fourth-order valence-corrected chi connectivity index (χ4v) is 4.42. The van der Waals surface area contributed by atoms with E-state index in [1.54, 1.807) is 42.2 Å². The summed E-state index contributed by atoms with van der Waals surface area (Å²) in [5.74, 6) is 0.621. The van der Waals surface area contributed by atoms with Crippen molar-refractivity contribution in [3.05, 3.63) is 62.9 Å². The van der Waals surface area contributed by atoms with Gasteiger partial charge in [0, 0.05) is 36.0 Å². The third-order valence-electron chi connectivity index (χ3n) is 4.67. The number of rotatable bonds is 6. The molecule has 1 aliphatic rings. The number of benzene rings is 2. The van der Waals surface area contributed by atoms with Gasteiger partial charge in [0.05, 0.1) is 17.7 Å². The Kier molecular flexibility index (Phi) is 5.78. The highest BCUT2D eigenvalue weighted by Gasteiger charge is 2.16. The zero-order valence-corrected chi connectivity index (χ0v) is 17.8. The van der Waals surface area contributed by atoms with Gasteiger partial charge >= 0.3 is 0 Å². The van der Waals surface area contributed by atoms with Crippen LogP contribution in [0.3, 0.4) is 0 Å². The van der Waals surface area contributed by atoms with Crippen molar-refractivity contribution in [3.63, 3.8) is 0 Å². The molecule has 0 fully saturated rings. The molecule has 0 spiro atoms. The second-order valence-electron chi connectivity index (χ2n) is 6.61. The van der Waals surface area contributed by atoms with Gasteiger partial charge in [-0.15, -0.1) is 11.3 Å². The van der Waals surface area contributed by atoms with Gasteiger partial charge in [-0.25, -0.2) is 0 Å². The summed E-state index contributed by atoms with van der Waals surface area (Å²) in [7, 11) is 1.59. The van der Waals surface area contributed by atoms with Crippen LogP contribution in [0.5, 0.6) is 11.6 Å². The predicted molar refractivity (Wildman–Crippen MR) is 124 cm³/mol. The van der Waals surface area contributed by atoms with E-state index in [1.165, 1.54) is 11.3 Å². The fourth-order valence-electron chi connectivity index (χ4n) is 3.11. The first-order valence-corrected chi connectivity index (χ1v) is 10.5. The first-order valence-electron chi connectivity index (χ1n) is 9.27. The molecule has 2 N–H and O–H groups in total. The number of anilines is 1. The maximum Gasteiger partial charge on any atom is 0.226 e. The summed E-state index contributed by atoms with van der Waals surface area (Å²) >= 11 is 6.71. The Hall–Kier alpha value is -3.23. The van der Waals surface area contributed by atoms with Crippen LogP contribution in [0.1, 0.15) is 16.9 Å². The van der Waals surface area contributed by atoms with Crippen LogP contribution in [0.2, 0.25) is 0 Å². The van der Waals surface area contributed by atoms with E-state index in [2.05, 4.69) is 10.3 Å². The predicted octanol–water partition coefficient (Wildman–Crippen LogP) is 5.28. The molecule has 1 aromatic heterocycles. The van der Waals surface area contributed by atoms with E-state index in [9.17, 15) is 9.90 Å². The molecule has 8 heteroatoms. The van der Waals surface area contributed by atoms with Gasteiger partial charge in [0.15, 0.2) is 3.95 Å². The van der Waals surface area contributed by atoms with Gasteiger partial charge < -0.3 is 15.2 Å². The number of carbonyl (C=O) groups is 1. The molecule has 2 aromatic carbocycles. The Balaban J connectivity index is 1.45. The van der Waals surface area contributed by atoms with Crippen LogP contribution in [-0.4, -0.2) is 28.9 Å². The zero-order valence-electron chi connectivity index (χ0n) is 16.2. The molecule has 0 bridgehead atoms. The van der Waals surface area contributed by atoms with Crippen molar-refractivity contribution >= 4 is 58.7 Å². The smallest absolute Gasteiger partial charge is 0.226 e. The van der Waals surface area contributed by atoms with Crippen LogP contribution in [0.15, 0.2) is 53.5 Å². The highest BCUT2D eigenvalue weighted by molar-refractivity contribution is 7.73. The van der Waals surface area contributed by atoms with Crippen molar-refractivity contribution in [1.29, 1.82) is 0 Å². The molecule has 1 aliphatic heterocycles. The molecular formula is C22H19N3O3S2. The number of thiazole rings is 1. The highest BCUT2D eigenvalue weighted by atomic mass is 32.1. The molecule has 2 heterocycles. The number of para-hydroxylation sites is 1. The average molecular weight is 438 g/mol. The molecule has 0 saturated carbocycles. The van der Waals surface area contributed by atoms with E-state index in [4.69, 9.17) is 17.0 Å². The molecule has 3 aromatic rings. The first-order chi connectivity index (χ1) is 14.5. The van der Waals surface area contributed by atoms with E-state index >= 15 is 0 Å². The van der Waals surface area contributed by atoms with E-state index in [-0.39, 0.29) is 24.8 Å². The number of hydrogen-bond acceptors (Lipinski definition) is 6. The molecule has 1 amide bonds. The lowest BCUT2D eigenvalue weighted by Gasteiger charge is -2.07. The van der Waals surface area contributed by atoms with Crippen molar-refractivity contribution in [2.75, 3.05) is 12.4 Å². The van der Waals surface area contributed by atoms with Gasteiger partial charge in [0.1, 0.15) is 5.75 Å². The Morgan fingerprint density at radius 3 is 2.80 bits per heavy atom. The van der Waals surface area contributed by atoms with Gasteiger partial charge in [-0.1, -0.05) is 18.2 Å². The lowest BCUT2D eigenvalue weighted by Crippen LogP contribution is -2.14. The van der Waals surface area contributed by atoms with Crippen LogP contribution in [0.25, 0.3) is 11.6 Å². The Morgan fingerprint density at radius 1 is 1.27 bits per heavy atom. The number of amides is 1. The normalized spacial score (nSPS) is 13.4. The maximum absolute atomic E-state index is 12.3. The first kappa shape index (κ1) is 20.1. The van der Waals surface area contributed by atoms with Crippen LogP contribution in [0, 0.1) is 3.95 Å². The summed E-state index contributed by atoms with van der Waals surface area (Å²) in [5, 5.41) is 13.5. The summed E-state index contributed by atoms with van der Waals surface area (Å²) in [6, 6.07) is 14.9. The van der Waals surface area contributed by atoms with Gasteiger partial charge in [0.25, 0.3) is 0 Å². The van der Waals surface area contributed by atoms with E-state index in [0.29, 0.717) is 14.5 Å². The van der Waals surface area contributed by atoms with Crippen molar-refractivity contribution in [1.82, 2.24) is 4.57 Å². The van der Waals surface area contributed by atoms with Crippen LogP contribution < -0.4 is 10.1 Å². The lowest BCUT2D eigenvalue weighted by atomic mass is 10.1. The molecule has 6 nitrogen and oxygen atoms in total. The molecule has 0 atom stereocenters. The summed E-state index contributed by atoms with van der Waals surface area (Å²) in [6.45, 7) is 0.289. The number of aliphatic imine (C=N–C) groups is 1. The van der Waals surface area contributed by atoms with Gasteiger partial charge in [0.2, 0.25) is 11.8 Å². The minimum atomic E-state index is -0.163. The Morgan fingerprint density at radius 2 is 2.03 bits per heavy atom. The topological polar surface area (TPSA) is 75.8 Å². The number of nitrogens with zero attached hydrogens (tertiary/aromatic N) is 2. The Bertz CT molecular complexity index is 1210. The standard InChI is InChI=1S/C22H19N3O3S2/c1-28-16-8-6-15(7-9-16)24-20(26)10-11-25-21(27)19(30-22(25)29)12-14-13-23-18-5-3-2-4-17(14)18/h2-9,12-13,27H,10-11H2,1H3,(H,24,26)/b14-12+. The third kappa shape index (κ3) is 4.19. The van der Waals surface area contributed by atoms with Crippen LogP contribution in [-0.2, 0) is 11.3 Å². The van der Waals surface area contributed by atoms with Gasteiger partial charge in [-0.3, -0.25) is 14.4 Å². The van der Waals surface area contributed by atoms with Crippen molar-refractivity contribution in [2.45, 2.75) is 13.0 Å².